The Bertz CT molecular complexity index is 469. The van der Waals surface area contributed by atoms with Crippen LogP contribution in [0.2, 0.25) is 5.02 Å². The zero-order chi connectivity index (χ0) is 15.6. The zero-order valence-electron chi connectivity index (χ0n) is 11.3. The molecule has 0 radical (unpaired) electrons. The smallest absolute Gasteiger partial charge is 0.391 e. The molecule has 2 rings (SSSR count). The van der Waals surface area contributed by atoms with E-state index in [1.165, 1.54) is 18.2 Å². The third kappa shape index (κ3) is 4.10. The lowest BCUT2D eigenvalue weighted by molar-refractivity contribution is -0.188. The molecule has 0 aromatic heterocycles. The van der Waals surface area contributed by atoms with Crippen molar-refractivity contribution in [2.45, 2.75) is 44.4 Å². The Kier molecular flexibility index (Phi) is 5.15. The normalized spacial score (nSPS) is 24.9. The summed E-state index contributed by atoms with van der Waals surface area (Å²) in [7, 11) is 0. The first-order valence-electron chi connectivity index (χ1n) is 6.96. The molecule has 0 amide bonds. The van der Waals surface area contributed by atoms with Crippen LogP contribution in [-0.4, -0.2) is 17.4 Å². The van der Waals surface area contributed by atoms with Crippen molar-refractivity contribution >= 4 is 11.6 Å². The minimum Gasteiger partial charge on any atom is -0.392 e. The van der Waals surface area contributed by atoms with Crippen LogP contribution in [0.4, 0.5) is 17.6 Å². The molecular formula is C15H17ClF4O. The van der Waals surface area contributed by atoms with Gasteiger partial charge in [-0.25, -0.2) is 4.39 Å². The summed E-state index contributed by atoms with van der Waals surface area (Å²) in [6, 6.07) is 4.19. The number of benzene rings is 1. The van der Waals surface area contributed by atoms with Crippen LogP contribution in [-0.2, 0) is 6.42 Å². The highest BCUT2D eigenvalue weighted by Crippen LogP contribution is 2.41. The van der Waals surface area contributed by atoms with Gasteiger partial charge in [-0.2, -0.15) is 13.2 Å². The Morgan fingerprint density at radius 2 is 2.00 bits per heavy atom. The molecule has 0 saturated heterocycles. The molecule has 21 heavy (non-hydrogen) atoms. The Morgan fingerprint density at radius 3 is 2.62 bits per heavy atom. The van der Waals surface area contributed by atoms with Crippen LogP contribution < -0.4 is 0 Å². The lowest BCUT2D eigenvalue weighted by Gasteiger charge is -2.33. The van der Waals surface area contributed by atoms with E-state index < -0.39 is 29.9 Å². The number of alkyl halides is 3. The van der Waals surface area contributed by atoms with Crippen molar-refractivity contribution in [1.82, 2.24) is 0 Å². The fraction of sp³-hybridized carbons (Fsp3) is 0.600. The minimum absolute atomic E-state index is 0.0548. The van der Waals surface area contributed by atoms with Gasteiger partial charge in [-0.05, 0) is 37.3 Å². The SMILES string of the molecule is OC(Cc1c(F)cccc1Cl)C1CCCC(C(F)(F)F)C1. The molecule has 1 aliphatic carbocycles. The Hall–Kier alpha value is -0.810. The summed E-state index contributed by atoms with van der Waals surface area (Å²) >= 11 is 5.88. The number of aliphatic hydroxyl groups is 1. The molecule has 1 nitrogen and oxygen atoms in total. The molecular weight excluding hydrogens is 308 g/mol. The van der Waals surface area contributed by atoms with E-state index in [9.17, 15) is 22.7 Å². The molecule has 1 fully saturated rings. The summed E-state index contributed by atoms with van der Waals surface area (Å²) in [4.78, 5) is 0. The van der Waals surface area contributed by atoms with Crippen molar-refractivity contribution in [3.63, 3.8) is 0 Å². The molecule has 0 aliphatic heterocycles. The quantitative estimate of drug-likeness (QED) is 0.795. The maximum absolute atomic E-state index is 13.7. The molecule has 3 atom stereocenters. The van der Waals surface area contributed by atoms with Crippen LogP contribution in [0.3, 0.4) is 0 Å². The van der Waals surface area contributed by atoms with E-state index in [-0.39, 0.29) is 29.8 Å². The number of aliphatic hydroxyl groups excluding tert-OH is 1. The van der Waals surface area contributed by atoms with Gasteiger partial charge in [-0.15, -0.1) is 0 Å². The molecule has 0 heterocycles. The van der Waals surface area contributed by atoms with Crippen molar-refractivity contribution in [2.24, 2.45) is 11.8 Å². The third-order valence-corrected chi connectivity index (χ3v) is 4.55. The molecule has 6 heteroatoms. The van der Waals surface area contributed by atoms with Crippen LogP contribution in [0.15, 0.2) is 18.2 Å². The predicted octanol–water partition coefficient (Wildman–Crippen LogP) is 4.75. The summed E-state index contributed by atoms with van der Waals surface area (Å²) in [5, 5.41) is 10.4. The fourth-order valence-electron chi connectivity index (χ4n) is 2.98. The number of hydrogen-bond acceptors (Lipinski definition) is 1. The molecule has 1 aliphatic rings. The van der Waals surface area contributed by atoms with Crippen molar-refractivity contribution < 1.29 is 22.7 Å². The second kappa shape index (κ2) is 6.53. The Morgan fingerprint density at radius 1 is 1.29 bits per heavy atom. The summed E-state index contributed by atoms with van der Waals surface area (Å²) in [6.07, 6.45) is -4.33. The first-order valence-corrected chi connectivity index (χ1v) is 7.34. The van der Waals surface area contributed by atoms with Gasteiger partial charge in [-0.3, -0.25) is 0 Å². The standard InChI is InChI=1S/C15H17ClF4O/c16-12-5-2-6-13(17)11(12)8-14(21)9-3-1-4-10(7-9)15(18,19)20/h2,5-6,9-10,14,21H,1,3-4,7-8H2. The van der Waals surface area contributed by atoms with E-state index in [2.05, 4.69) is 0 Å². The third-order valence-electron chi connectivity index (χ3n) is 4.20. The van der Waals surface area contributed by atoms with E-state index in [1.807, 2.05) is 0 Å². The summed E-state index contributed by atoms with van der Waals surface area (Å²) < 4.78 is 52.0. The zero-order valence-corrected chi connectivity index (χ0v) is 12.1. The van der Waals surface area contributed by atoms with Crippen molar-refractivity contribution in [3.05, 3.63) is 34.6 Å². The molecule has 118 valence electrons. The highest BCUT2D eigenvalue weighted by molar-refractivity contribution is 6.31. The first kappa shape index (κ1) is 16.6. The van der Waals surface area contributed by atoms with E-state index in [1.54, 1.807) is 0 Å². The lowest BCUT2D eigenvalue weighted by Crippen LogP contribution is -2.34. The number of hydrogen-bond donors (Lipinski definition) is 1. The highest BCUT2D eigenvalue weighted by atomic mass is 35.5. The molecule has 1 aromatic rings. The van der Waals surface area contributed by atoms with Crippen LogP contribution >= 0.6 is 11.6 Å². The fourth-order valence-corrected chi connectivity index (χ4v) is 3.22. The molecule has 0 spiro atoms. The molecule has 1 saturated carbocycles. The molecule has 1 aromatic carbocycles. The van der Waals surface area contributed by atoms with Crippen molar-refractivity contribution in [1.29, 1.82) is 0 Å². The van der Waals surface area contributed by atoms with Gasteiger partial charge in [0.05, 0.1) is 12.0 Å². The van der Waals surface area contributed by atoms with Crippen molar-refractivity contribution in [3.8, 4) is 0 Å². The van der Waals surface area contributed by atoms with Gasteiger partial charge in [0.1, 0.15) is 5.82 Å². The lowest BCUT2D eigenvalue weighted by atomic mass is 9.77. The molecule has 0 bridgehead atoms. The largest absolute Gasteiger partial charge is 0.392 e. The van der Waals surface area contributed by atoms with E-state index in [0.29, 0.717) is 12.8 Å². The number of halogens is 5. The topological polar surface area (TPSA) is 20.2 Å². The maximum atomic E-state index is 13.7. The van der Waals surface area contributed by atoms with Gasteiger partial charge >= 0.3 is 6.18 Å². The predicted molar refractivity (Wildman–Crippen MR) is 72.6 cm³/mol. The minimum atomic E-state index is -4.23. The van der Waals surface area contributed by atoms with E-state index >= 15 is 0 Å². The van der Waals surface area contributed by atoms with Crippen LogP contribution in [0, 0.1) is 17.7 Å². The second-order valence-corrected chi connectivity index (χ2v) is 6.04. The molecule has 3 unspecified atom stereocenters. The van der Waals surface area contributed by atoms with Gasteiger partial charge in [-0.1, -0.05) is 24.1 Å². The average Bonchev–Trinajstić information content (AvgIpc) is 2.42. The first-order chi connectivity index (χ1) is 9.79. The van der Waals surface area contributed by atoms with Gasteiger partial charge in [0.25, 0.3) is 0 Å². The maximum Gasteiger partial charge on any atom is 0.391 e. The van der Waals surface area contributed by atoms with Crippen molar-refractivity contribution in [2.75, 3.05) is 0 Å². The monoisotopic (exact) mass is 324 g/mol. The van der Waals surface area contributed by atoms with Gasteiger partial charge in [0.15, 0.2) is 0 Å². The number of rotatable bonds is 3. The van der Waals surface area contributed by atoms with Crippen LogP contribution in [0.25, 0.3) is 0 Å². The Balaban J connectivity index is 2.05. The highest BCUT2D eigenvalue weighted by Gasteiger charge is 2.43. The van der Waals surface area contributed by atoms with Gasteiger partial charge in [0, 0.05) is 17.0 Å². The average molecular weight is 325 g/mol. The molecule has 1 N–H and O–H groups in total. The summed E-state index contributed by atoms with van der Waals surface area (Å²) in [6.45, 7) is 0. The van der Waals surface area contributed by atoms with Crippen LogP contribution in [0.5, 0.6) is 0 Å². The summed E-state index contributed by atoms with van der Waals surface area (Å²) in [5.74, 6) is -2.38. The van der Waals surface area contributed by atoms with Crippen LogP contribution in [0.1, 0.15) is 31.2 Å². The van der Waals surface area contributed by atoms with Gasteiger partial charge in [0.2, 0.25) is 0 Å². The van der Waals surface area contributed by atoms with E-state index in [0.717, 1.165) is 0 Å². The Labute approximate surface area is 125 Å². The second-order valence-electron chi connectivity index (χ2n) is 5.64. The summed E-state index contributed by atoms with van der Waals surface area (Å²) in [5.41, 5.74) is 0.167. The van der Waals surface area contributed by atoms with Gasteiger partial charge < -0.3 is 5.11 Å². The van der Waals surface area contributed by atoms with E-state index in [4.69, 9.17) is 11.6 Å².